The van der Waals surface area contributed by atoms with Crippen molar-refractivity contribution in [2.75, 3.05) is 36.3 Å². The van der Waals surface area contributed by atoms with Crippen molar-refractivity contribution in [2.24, 2.45) is 0 Å². The van der Waals surface area contributed by atoms with Gasteiger partial charge in [-0.2, -0.15) is 0 Å². The number of carbonyl (C=O) groups excluding carboxylic acids is 2. The lowest BCUT2D eigenvalue weighted by Gasteiger charge is -2.32. The minimum Gasteiger partial charge on any atom is -0.497 e. The SMILES string of the molecule is COc1cc(NC(=O)N(c2ccc(N(C)C)cc2)C2CCCCCC2)c(OC(C)=O)c(C(C)(C)C)c1. The molecule has 0 aromatic heterocycles. The number of benzene rings is 2. The molecule has 2 amide bonds. The molecule has 0 saturated heterocycles. The minimum absolute atomic E-state index is 0.0857. The molecule has 0 bridgehead atoms. The Kier molecular flexibility index (Phi) is 8.88. The van der Waals surface area contributed by atoms with E-state index in [-0.39, 0.29) is 17.5 Å². The normalized spacial score (nSPS) is 14.5. The van der Waals surface area contributed by atoms with Crippen molar-refractivity contribution in [3.63, 3.8) is 0 Å². The number of nitrogens with zero attached hydrogens (tertiary/aromatic N) is 2. The number of esters is 1. The van der Waals surface area contributed by atoms with Gasteiger partial charge in [0.15, 0.2) is 5.75 Å². The molecule has 1 saturated carbocycles. The van der Waals surface area contributed by atoms with E-state index in [9.17, 15) is 9.59 Å². The summed E-state index contributed by atoms with van der Waals surface area (Å²) in [6.45, 7) is 7.46. The molecule has 196 valence electrons. The Morgan fingerprint density at radius 1 is 0.944 bits per heavy atom. The molecular formula is C29H41N3O4. The van der Waals surface area contributed by atoms with E-state index in [1.807, 2.05) is 75.0 Å². The van der Waals surface area contributed by atoms with Crippen LogP contribution in [0.4, 0.5) is 21.9 Å². The third kappa shape index (κ3) is 6.71. The summed E-state index contributed by atoms with van der Waals surface area (Å²) in [5.41, 5.74) is 2.77. The van der Waals surface area contributed by atoms with E-state index in [1.165, 1.54) is 19.8 Å². The maximum absolute atomic E-state index is 14.0. The van der Waals surface area contributed by atoms with Gasteiger partial charge in [0.05, 0.1) is 12.8 Å². The highest BCUT2D eigenvalue weighted by Gasteiger charge is 2.30. The number of methoxy groups -OCH3 is 1. The van der Waals surface area contributed by atoms with Crippen LogP contribution in [-0.2, 0) is 10.2 Å². The minimum atomic E-state index is -0.443. The van der Waals surface area contributed by atoms with Gasteiger partial charge in [-0.3, -0.25) is 9.69 Å². The van der Waals surface area contributed by atoms with Crippen LogP contribution in [0, 0.1) is 0 Å². The Balaban J connectivity index is 2.06. The molecule has 0 atom stereocenters. The highest BCUT2D eigenvalue weighted by molar-refractivity contribution is 6.03. The van der Waals surface area contributed by atoms with Crippen molar-refractivity contribution >= 4 is 29.1 Å². The number of urea groups is 1. The van der Waals surface area contributed by atoms with E-state index in [0.29, 0.717) is 17.2 Å². The van der Waals surface area contributed by atoms with E-state index in [2.05, 4.69) is 5.32 Å². The van der Waals surface area contributed by atoms with Crippen molar-refractivity contribution in [1.29, 1.82) is 0 Å². The lowest BCUT2D eigenvalue weighted by Crippen LogP contribution is -2.43. The second kappa shape index (κ2) is 11.7. The highest BCUT2D eigenvalue weighted by Crippen LogP contribution is 2.41. The summed E-state index contributed by atoms with van der Waals surface area (Å²) in [6.07, 6.45) is 6.46. The smallest absolute Gasteiger partial charge is 0.326 e. The zero-order valence-electron chi connectivity index (χ0n) is 22.8. The summed E-state index contributed by atoms with van der Waals surface area (Å²) < 4.78 is 11.2. The van der Waals surface area contributed by atoms with Crippen LogP contribution in [0.5, 0.6) is 11.5 Å². The quantitative estimate of drug-likeness (QED) is 0.273. The van der Waals surface area contributed by atoms with Gasteiger partial charge in [-0.1, -0.05) is 46.5 Å². The Hall–Kier alpha value is -3.22. The van der Waals surface area contributed by atoms with Crippen molar-refractivity contribution in [2.45, 2.75) is 77.7 Å². The molecule has 1 aliphatic carbocycles. The fourth-order valence-electron chi connectivity index (χ4n) is 4.72. The van der Waals surface area contributed by atoms with Gasteiger partial charge in [-0.15, -0.1) is 0 Å². The molecule has 1 aliphatic rings. The standard InChI is InChI=1S/C29H41N3O4/c1-20(33)36-27-25(29(2,3)4)18-24(35-7)19-26(27)30-28(34)32(22-12-10-8-9-11-13-22)23-16-14-21(15-17-23)31(5)6/h14-19,22H,8-13H2,1-7H3,(H,30,34). The number of carbonyl (C=O) groups is 2. The molecule has 36 heavy (non-hydrogen) atoms. The van der Waals surface area contributed by atoms with Gasteiger partial charge in [0.1, 0.15) is 5.75 Å². The number of amides is 2. The fourth-order valence-corrected chi connectivity index (χ4v) is 4.72. The predicted octanol–water partition coefficient (Wildman–Crippen LogP) is 6.75. The molecule has 7 heteroatoms. The first-order valence-corrected chi connectivity index (χ1v) is 12.8. The number of rotatable bonds is 6. The molecule has 0 heterocycles. The maximum Gasteiger partial charge on any atom is 0.326 e. The van der Waals surface area contributed by atoms with Crippen molar-refractivity contribution in [3.05, 3.63) is 42.0 Å². The molecule has 0 spiro atoms. The number of nitrogens with one attached hydrogen (secondary N) is 1. The molecule has 0 aliphatic heterocycles. The number of ether oxygens (including phenoxy) is 2. The van der Waals surface area contributed by atoms with Crippen LogP contribution in [0.3, 0.4) is 0 Å². The lowest BCUT2D eigenvalue weighted by molar-refractivity contribution is -0.131. The lowest BCUT2D eigenvalue weighted by atomic mass is 9.85. The molecule has 1 fully saturated rings. The third-order valence-electron chi connectivity index (χ3n) is 6.65. The zero-order valence-corrected chi connectivity index (χ0v) is 22.8. The predicted molar refractivity (Wildman–Crippen MR) is 147 cm³/mol. The van der Waals surface area contributed by atoms with Crippen molar-refractivity contribution in [3.8, 4) is 11.5 Å². The van der Waals surface area contributed by atoms with E-state index in [0.717, 1.165) is 42.6 Å². The van der Waals surface area contributed by atoms with Crippen LogP contribution in [0.25, 0.3) is 0 Å². The van der Waals surface area contributed by atoms with Gasteiger partial charge in [-0.25, -0.2) is 4.79 Å². The van der Waals surface area contributed by atoms with Gasteiger partial charge < -0.3 is 19.7 Å². The number of hydrogen-bond acceptors (Lipinski definition) is 5. The first-order valence-electron chi connectivity index (χ1n) is 12.8. The summed E-state index contributed by atoms with van der Waals surface area (Å²) in [7, 11) is 5.58. The van der Waals surface area contributed by atoms with Crippen molar-refractivity contribution < 1.29 is 19.1 Å². The van der Waals surface area contributed by atoms with Gasteiger partial charge in [-0.05, 0) is 48.6 Å². The van der Waals surface area contributed by atoms with Gasteiger partial charge in [0.25, 0.3) is 0 Å². The summed E-state index contributed by atoms with van der Waals surface area (Å²) >= 11 is 0. The molecule has 7 nitrogen and oxygen atoms in total. The van der Waals surface area contributed by atoms with E-state index in [4.69, 9.17) is 9.47 Å². The average Bonchev–Trinajstić information content (AvgIpc) is 3.09. The zero-order chi connectivity index (χ0) is 26.5. The molecule has 1 N–H and O–H groups in total. The van der Waals surface area contributed by atoms with Crippen LogP contribution in [0.2, 0.25) is 0 Å². The summed E-state index contributed by atoms with van der Waals surface area (Å²) in [6, 6.07) is 11.5. The topological polar surface area (TPSA) is 71.1 Å². The summed E-state index contributed by atoms with van der Waals surface area (Å²) in [5.74, 6) is 0.497. The van der Waals surface area contributed by atoms with Crippen LogP contribution >= 0.6 is 0 Å². The molecule has 0 unspecified atom stereocenters. The largest absolute Gasteiger partial charge is 0.497 e. The van der Waals surface area contributed by atoms with Crippen LogP contribution in [0.15, 0.2) is 36.4 Å². The van der Waals surface area contributed by atoms with E-state index >= 15 is 0 Å². The molecule has 2 aromatic rings. The monoisotopic (exact) mass is 495 g/mol. The Morgan fingerprint density at radius 3 is 2.03 bits per heavy atom. The van der Waals surface area contributed by atoms with Gasteiger partial charge in [0.2, 0.25) is 0 Å². The second-order valence-corrected chi connectivity index (χ2v) is 10.8. The van der Waals surface area contributed by atoms with Crippen LogP contribution < -0.4 is 24.6 Å². The molecule has 0 radical (unpaired) electrons. The Morgan fingerprint density at radius 2 is 1.53 bits per heavy atom. The first-order chi connectivity index (χ1) is 17.0. The fraction of sp³-hybridized carbons (Fsp3) is 0.517. The Bertz CT molecular complexity index is 1050. The van der Waals surface area contributed by atoms with E-state index < -0.39 is 5.97 Å². The highest BCUT2D eigenvalue weighted by atomic mass is 16.5. The molecule has 3 rings (SSSR count). The molecule has 2 aromatic carbocycles. The molecular weight excluding hydrogens is 454 g/mol. The first kappa shape index (κ1) is 27.4. The second-order valence-electron chi connectivity index (χ2n) is 10.8. The maximum atomic E-state index is 14.0. The Labute approximate surface area is 215 Å². The van der Waals surface area contributed by atoms with Gasteiger partial charge in [0, 0.05) is 50.1 Å². The van der Waals surface area contributed by atoms with E-state index in [1.54, 1.807) is 13.2 Å². The van der Waals surface area contributed by atoms with Crippen LogP contribution in [-0.4, -0.2) is 39.2 Å². The van der Waals surface area contributed by atoms with Crippen LogP contribution in [0.1, 0.15) is 71.8 Å². The summed E-state index contributed by atoms with van der Waals surface area (Å²) in [4.78, 5) is 29.9. The summed E-state index contributed by atoms with van der Waals surface area (Å²) in [5, 5.41) is 3.08. The van der Waals surface area contributed by atoms with Gasteiger partial charge >= 0.3 is 12.0 Å². The van der Waals surface area contributed by atoms with Crippen molar-refractivity contribution in [1.82, 2.24) is 0 Å². The third-order valence-corrected chi connectivity index (χ3v) is 6.65. The number of hydrogen-bond donors (Lipinski definition) is 1. The number of anilines is 3. The average molecular weight is 496 g/mol.